The zero-order chi connectivity index (χ0) is 20.6. The van der Waals surface area contributed by atoms with E-state index in [2.05, 4.69) is 14.7 Å². The lowest BCUT2D eigenvalue weighted by Crippen LogP contribution is -2.37. The number of hydrogen-bond acceptors (Lipinski definition) is 5. The molecule has 1 aliphatic rings. The Hall–Kier alpha value is -2.78. The molecule has 1 N–H and O–H groups in total. The maximum absolute atomic E-state index is 12.9. The summed E-state index contributed by atoms with van der Waals surface area (Å²) in [6.07, 6.45) is 7.47. The van der Waals surface area contributed by atoms with Crippen LogP contribution >= 0.6 is 0 Å². The molecule has 0 unspecified atom stereocenters. The topological polar surface area (TPSA) is 96.7 Å². The Labute approximate surface area is 169 Å². The second kappa shape index (κ2) is 7.57. The highest BCUT2D eigenvalue weighted by Crippen LogP contribution is 2.20. The van der Waals surface area contributed by atoms with Crippen molar-refractivity contribution in [3.63, 3.8) is 0 Å². The average molecular weight is 414 g/mol. The number of nitrogens with zero attached hydrogens (tertiary/aromatic N) is 4. The number of nitrogens with one attached hydrogen (secondary N) is 1. The van der Waals surface area contributed by atoms with Crippen LogP contribution in [0.25, 0.3) is 5.65 Å². The summed E-state index contributed by atoms with van der Waals surface area (Å²) in [5.41, 5.74) is 5.50. The summed E-state index contributed by atoms with van der Waals surface area (Å²) in [5, 5.41) is 0. The van der Waals surface area contributed by atoms with Crippen LogP contribution in [0.1, 0.15) is 28.1 Å². The summed E-state index contributed by atoms with van der Waals surface area (Å²) >= 11 is 0. The molecule has 0 bridgehead atoms. The fourth-order valence-corrected chi connectivity index (χ4v) is 4.03. The van der Waals surface area contributed by atoms with Gasteiger partial charge in [-0.1, -0.05) is 6.07 Å². The minimum Gasteiger partial charge on any atom is -0.338 e. The van der Waals surface area contributed by atoms with E-state index >= 15 is 0 Å². The number of hydrogen-bond donors (Lipinski definition) is 1. The molecule has 0 spiro atoms. The lowest BCUT2D eigenvalue weighted by molar-refractivity contribution is -0.131. The van der Waals surface area contributed by atoms with Gasteiger partial charge in [-0.15, -0.1) is 0 Å². The quantitative estimate of drug-likeness (QED) is 0.678. The van der Waals surface area contributed by atoms with Crippen molar-refractivity contribution < 1.29 is 13.2 Å². The van der Waals surface area contributed by atoms with Gasteiger partial charge in [-0.25, -0.2) is 18.1 Å². The van der Waals surface area contributed by atoms with Crippen molar-refractivity contribution in [2.24, 2.45) is 0 Å². The third-order valence-electron chi connectivity index (χ3n) is 5.13. The smallest absolute Gasteiger partial charge is 0.228 e. The molecule has 0 fully saturated rings. The van der Waals surface area contributed by atoms with Crippen molar-refractivity contribution in [3.05, 3.63) is 64.9 Å². The largest absolute Gasteiger partial charge is 0.338 e. The second-order valence-corrected chi connectivity index (χ2v) is 9.25. The lowest BCUT2D eigenvalue weighted by atomic mass is 10.0. The number of carbonyl (C=O) groups excluding carboxylic acids is 1. The highest BCUT2D eigenvalue weighted by atomic mass is 32.2. The molecule has 1 amide bonds. The van der Waals surface area contributed by atoms with Crippen LogP contribution in [0.15, 0.2) is 36.8 Å². The Kier molecular flexibility index (Phi) is 5.10. The molecule has 0 aliphatic carbocycles. The predicted molar refractivity (Wildman–Crippen MR) is 109 cm³/mol. The maximum atomic E-state index is 12.9. The Balaban J connectivity index is 1.48. The summed E-state index contributed by atoms with van der Waals surface area (Å²) in [6, 6.07) is 5.88. The molecular formula is C20H23N5O3S. The van der Waals surface area contributed by atoms with Crippen LogP contribution in [0, 0.1) is 6.92 Å². The van der Waals surface area contributed by atoms with Crippen molar-refractivity contribution in [2.45, 2.75) is 32.9 Å². The average Bonchev–Trinajstić information content (AvgIpc) is 3.09. The van der Waals surface area contributed by atoms with Gasteiger partial charge >= 0.3 is 0 Å². The van der Waals surface area contributed by atoms with E-state index in [0.29, 0.717) is 19.5 Å². The highest BCUT2D eigenvalue weighted by molar-refractivity contribution is 7.88. The summed E-state index contributed by atoms with van der Waals surface area (Å²) < 4.78 is 27.0. The van der Waals surface area contributed by atoms with Crippen LogP contribution in [0.3, 0.4) is 0 Å². The first-order valence-corrected chi connectivity index (χ1v) is 11.3. The molecule has 4 heterocycles. The van der Waals surface area contributed by atoms with Crippen molar-refractivity contribution in [3.8, 4) is 0 Å². The number of amides is 1. The van der Waals surface area contributed by atoms with E-state index in [-0.39, 0.29) is 18.9 Å². The van der Waals surface area contributed by atoms with Gasteiger partial charge in [0.1, 0.15) is 5.65 Å². The minimum atomic E-state index is -3.27. The monoisotopic (exact) mass is 413 g/mol. The number of rotatable bonds is 5. The van der Waals surface area contributed by atoms with Crippen LogP contribution < -0.4 is 4.72 Å². The molecule has 3 aromatic rings. The number of pyridine rings is 2. The molecule has 0 aromatic carbocycles. The van der Waals surface area contributed by atoms with Gasteiger partial charge in [-0.05, 0) is 35.7 Å². The number of imidazole rings is 1. The van der Waals surface area contributed by atoms with Gasteiger partial charge in [0.15, 0.2) is 0 Å². The van der Waals surface area contributed by atoms with E-state index in [1.165, 1.54) is 0 Å². The van der Waals surface area contributed by atoms with Crippen LogP contribution in [0.5, 0.6) is 0 Å². The van der Waals surface area contributed by atoms with Gasteiger partial charge in [0, 0.05) is 50.3 Å². The summed E-state index contributed by atoms with van der Waals surface area (Å²) in [7, 11) is -3.27. The highest BCUT2D eigenvalue weighted by Gasteiger charge is 2.23. The molecule has 0 atom stereocenters. The normalized spacial score (nSPS) is 14.2. The molecule has 4 rings (SSSR count). The third kappa shape index (κ3) is 4.30. The van der Waals surface area contributed by atoms with Crippen molar-refractivity contribution in [1.82, 2.24) is 24.0 Å². The molecule has 0 saturated heterocycles. The van der Waals surface area contributed by atoms with Crippen LogP contribution in [0.2, 0.25) is 0 Å². The van der Waals surface area contributed by atoms with Crippen molar-refractivity contribution in [2.75, 3.05) is 12.8 Å². The maximum Gasteiger partial charge on any atom is 0.228 e. The molecule has 152 valence electrons. The number of fused-ring (bicyclic) bond motifs is 2. The fraction of sp³-hybridized carbons (Fsp3) is 0.350. The summed E-state index contributed by atoms with van der Waals surface area (Å²) in [4.78, 5) is 23.6. The summed E-state index contributed by atoms with van der Waals surface area (Å²) in [6.45, 7) is 3.28. The van der Waals surface area contributed by atoms with Gasteiger partial charge in [-0.2, -0.15) is 0 Å². The van der Waals surface area contributed by atoms with Crippen molar-refractivity contribution >= 4 is 21.6 Å². The first-order chi connectivity index (χ1) is 13.8. The van der Waals surface area contributed by atoms with Gasteiger partial charge in [0.2, 0.25) is 15.9 Å². The fourth-order valence-electron chi connectivity index (χ4n) is 3.60. The Bertz CT molecular complexity index is 1190. The van der Waals surface area contributed by atoms with E-state index in [9.17, 15) is 13.2 Å². The Morgan fingerprint density at radius 1 is 1.28 bits per heavy atom. The van der Waals surface area contributed by atoms with Crippen molar-refractivity contribution in [1.29, 1.82) is 0 Å². The zero-order valence-electron chi connectivity index (χ0n) is 16.4. The third-order valence-corrected chi connectivity index (χ3v) is 5.80. The van der Waals surface area contributed by atoms with Crippen LogP contribution in [-0.2, 0) is 40.7 Å². The molecule has 8 nitrogen and oxygen atoms in total. The minimum absolute atomic E-state index is 0.0404. The number of sulfonamides is 1. The molecule has 3 aromatic heterocycles. The molecule has 1 aliphatic heterocycles. The summed E-state index contributed by atoms with van der Waals surface area (Å²) in [5.74, 6) is 0.0404. The van der Waals surface area contributed by atoms with Crippen LogP contribution in [-0.4, -0.2) is 46.4 Å². The van der Waals surface area contributed by atoms with E-state index < -0.39 is 10.0 Å². The first-order valence-electron chi connectivity index (χ1n) is 9.41. The molecule has 0 radical (unpaired) electrons. The van der Waals surface area contributed by atoms with Gasteiger partial charge in [-0.3, -0.25) is 9.78 Å². The predicted octanol–water partition coefficient (Wildman–Crippen LogP) is 1.21. The lowest BCUT2D eigenvalue weighted by Gasteiger charge is -2.28. The molecular weight excluding hydrogens is 390 g/mol. The SMILES string of the molecule is Cc1cccn2c(CC(=O)N3CCc4ncc(CNS(C)(=O)=O)cc4C3)cnc12. The van der Waals surface area contributed by atoms with Crippen LogP contribution in [0.4, 0.5) is 0 Å². The van der Waals surface area contributed by atoms with E-state index in [0.717, 1.165) is 40.0 Å². The van der Waals surface area contributed by atoms with E-state index in [4.69, 9.17) is 0 Å². The standard InChI is InChI=1S/C20H23N5O3S/c1-14-4-3-6-25-17(12-22-20(14)25)9-19(26)24-7-5-18-16(13-24)8-15(10-21-18)11-23-29(2,27)28/h3-4,6,8,10,12,23H,5,7,9,11,13H2,1-2H3. The Morgan fingerprint density at radius 3 is 2.90 bits per heavy atom. The Morgan fingerprint density at radius 2 is 2.10 bits per heavy atom. The van der Waals surface area contributed by atoms with Gasteiger partial charge in [0.05, 0.1) is 18.4 Å². The number of aromatic nitrogens is 3. The number of aryl methyl sites for hydroxylation is 1. The van der Waals surface area contributed by atoms with Gasteiger partial charge < -0.3 is 9.30 Å². The van der Waals surface area contributed by atoms with E-state index in [1.54, 1.807) is 12.4 Å². The first kappa shape index (κ1) is 19.5. The molecule has 0 saturated carbocycles. The van der Waals surface area contributed by atoms with Gasteiger partial charge in [0.25, 0.3) is 0 Å². The molecule has 29 heavy (non-hydrogen) atoms. The number of carbonyl (C=O) groups is 1. The second-order valence-electron chi connectivity index (χ2n) is 7.42. The zero-order valence-corrected chi connectivity index (χ0v) is 17.2. The molecule has 9 heteroatoms. The van der Waals surface area contributed by atoms with E-state index in [1.807, 2.05) is 40.6 Å².